The summed E-state index contributed by atoms with van der Waals surface area (Å²) in [5.41, 5.74) is 0.211. The first-order chi connectivity index (χ1) is 5.82. The van der Waals surface area contributed by atoms with Crippen molar-refractivity contribution in [3.05, 3.63) is 31.3 Å². The highest BCUT2D eigenvalue weighted by Gasteiger charge is 2.31. The molecular weight excluding hydrogens is 360 g/mol. The van der Waals surface area contributed by atoms with Gasteiger partial charge in [-0.25, -0.2) is 0 Å². The van der Waals surface area contributed by atoms with Crippen LogP contribution in [0.3, 0.4) is 0 Å². The summed E-state index contributed by atoms with van der Waals surface area (Å²) in [6, 6.07) is 2.23. The summed E-state index contributed by atoms with van der Waals surface area (Å²) in [7, 11) is 0. The van der Waals surface area contributed by atoms with Crippen molar-refractivity contribution in [2.24, 2.45) is 0 Å². The summed E-state index contributed by atoms with van der Waals surface area (Å²) in [6.07, 6.45) is -4.27. The van der Waals surface area contributed by atoms with Crippen LogP contribution in [0.1, 0.15) is 11.1 Å². The number of hydrogen-bond acceptors (Lipinski definition) is 0. The predicted molar refractivity (Wildman–Crippen MR) is 56.6 cm³/mol. The second kappa shape index (κ2) is 3.76. The Bertz CT molecular complexity index is 310. The van der Waals surface area contributed by atoms with Gasteiger partial charge in [0.15, 0.2) is 0 Å². The monoisotopic (exact) mass is 364 g/mol. The van der Waals surface area contributed by atoms with Gasteiger partial charge >= 0.3 is 6.18 Å². The second-order valence-corrected chi connectivity index (χ2v) is 4.58. The maximum atomic E-state index is 12.3. The molecule has 0 heterocycles. The fourth-order valence-corrected chi connectivity index (χ4v) is 2.27. The van der Waals surface area contributed by atoms with Crippen molar-refractivity contribution in [3.8, 4) is 0 Å². The van der Waals surface area contributed by atoms with Crippen LogP contribution in [0, 0.1) is 10.5 Å². The first-order valence-corrected chi connectivity index (χ1v) is 5.22. The van der Waals surface area contributed by atoms with E-state index in [1.165, 1.54) is 0 Å². The Morgan fingerprint density at radius 1 is 1.31 bits per heavy atom. The van der Waals surface area contributed by atoms with Crippen LogP contribution >= 0.6 is 38.5 Å². The summed E-state index contributed by atoms with van der Waals surface area (Å²) >= 11 is 4.97. The van der Waals surface area contributed by atoms with Gasteiger partial charge in [-0.2, -0.15) is 13.2 Å². The van der Waals surface area contributed by atoms with Crippen molar-refractivity contribution in [1.29, 1.82) is 0 Å². The lowest BCUT2D eigenvalue weighted by atomic mass is 10.1. The Morgan fingerprint density at radius 2 is 1.85 bits per heavy atom. The van der Waals surface area contributed by atoms with Crippen LogP contribution in [0.15, 0.2) is 16.6 Å². The average molecular weight is 365 g/mol. The molecule has 0 aliphatic carbocycles. The molecule has 0 saturated carbocycles. The van der Waals surface area contributed by atoms with E-state index in [9.17, 15) is 13.2 Å². The van der Waals surface area contributed by atoms with Crippen LogP contribution in [0.5, 0.6) is 0 Å². The highest BCUT2D eigenvalue weighted by molar-refractivity contribution is 14.1. The summed E-state index contributed by atoms with van der Waals surface area (Å²) in [4.78, 5) is 0. The van der Waals surface area contributed by atoms with E-state index < -0.39 is 11.7 Å². The molecule has 0 aliphatic rings. The number of benzene rings is 1. The van der Waals surface area contributed by atoms with Crippen molar-refractivity contribution < 1.29 is 13.2 Å². The van der Waals surface area contributed by atoms with Crippen LogP contribution in [-0.2, 0) is 6.18 Å². The minimum atomic E-state index is -4.27. The minimum absolute atomic E-state index is 0.492. The quantitative estimate of drug-likeness (QED) is 0.599. The topological polar surface area (TPSA) is 0 Å². The van der Waals surface area contributed by atoms with Crippen LogP contribution in [0.2, 0.25) is 0 Å². The molecule has 0 bridgehead atoms. The lowest BCUT2D eigenvalue weighted by Gasteiger charge is -2.09. The highest BCUT2D eigenvalue weighted by Crippen LogP contribution is 2.34. The average Bonchev–Trinajstić information content (AvgIpc) is 1.97. The SMILES string of the molecule is Cc1c(Br)cc(C(F)(F)F)cc1I. The highest BCUT2D eigenvalue weighted by atomic mass is 127. The van der Waals surface area contributed by atoms with Gasteiger partial charge in [0.25, 0.3) is 0 Å². The van der Waals surface area contributed by atoms with Crippen molar-refractivity contribution in [1.82, 2.24) is 0 Å². The molecule has 0 aliphatic heterocycles. The fourth-order valence-electron chi connectivity index (χ4n) is 0.809. The van der Waals surface area contributed by atoms with Gasteiger partial charge in [-0.1, -0.05) is 15.9 Å². The Labute approximate surface area is 95.8 Å². The molecule has 0 amide bonds. The molecular formula is C8H5BrF3I. The molecule has 1 aromatic carbocycles. The molecule has 0 saturated heterocycles. The van der Waals surface area contributed by atoms with Crippen molar-refractivity contribution in [2.75, 3.05) is 0 Å². The van der Waals surface area contributed by atoms with E-state index in [4.69, 9.17) is 0 Å². The number of hydrogen-bond donors (Lipinski definition) is 0. The van der Waals surface area contributed by atoms with E-state index in [2.05, 4.69) is 15.9 Å². The molecule has 72 valence electrons. The fraction of sp³-hybridized carbons (Fsp3) is 0.250. The van der Waals surface area contributed by atoms with Crippen LogP contribution < -0.4 is 0 Å². The van der Waals surface area contributed by atoms with Gasteiger partial charge in [0.2, 0.25) is 0 Å². The van der Waals surface area contributed by atoms with Crippen LogP contribution in [0.4, 0.5) is 13.2 Å². The molecule has 5 heteroatoms. The normalized spacial score (nSPS) is 11.8. The third-order valence-electron chi connectivity index (χ3n) is 1.61. The molecule has 0 N–H and O–H groups in total. The van der Waals surface area contributed by atoms with Gasteiger partial charge in [0.05, 0.1) is 5.56 Å². The van der Waals surface area contributed by atoms with Crippen molar-refractivity contribution in [3.63, 3.8) is 0 Å². The second-order valence-electron chi connectivity index (χ2n) is 2.56. The summed E-state index contributed by atoms with van der Waals surface area (Å²) in [6.45, 7) is 1.77. The smallest absolute Gasteiger partial charge is 0.166 e. The molecule has 1 rings (SSSR count). The summed E-state index contributed by atoms with van der Waals surface area (Å²) in [5.74, 6) is 0. The maximum absolute atomic E-state index is 12.3. The predicted octanol–water partition coefficient (Wildman–Crippen LogP) is 4.38. The minimum Gasteiger partial charge on any atom is -0.166 e. The Hall–Kier alpha value is 0.220. The van der Waals surface area contributed by atoms with E-state index in [-0.39, 0.29) is 0 Å². The number of rotatable bonds is 0. The molecule has 13 heavy (non-hydrogen) atoms. The number of alkyl halides is 3. The van der Waals surface area contributed by atoms with E-state index in [1.807, 2.05) is 22.6 Å². The molecule has 0 nitrogen and oxygen atoms in total. The standard InChI is InChI=1S/C8H5BrF3I/c1-4-6(9)2-5(3-7(4)13)8(10,11)12/h2-3H,1H3. The Kier molecular flexibility index (Phi) is 3.27. The van der Waals surface area contributed by atoms with Crippen molar-refractivity contribution in [2.45, 2.75) is 13.1 Å². The zero-order chi connectivity index (χ0) is 10.2. The zero-order valence-electron chi connectivity index (χ0n) is 6.54. The molecule has 0 unspecified atom stereocenters. The third-order valence-corrected chi connectivity index (χ3v) is 3.55. The largest absolute Gasteiger partial charge is 0.416 e. The lowest BCUT2D eigenvalue weighted by Crippen LogP contribution is -2.05. The van der Waals surface area contributed by atoms with E-state index in [0.717, 1.165) is 17.7 Å². The zero-order valence-corrected chi connectivity index (χ0v) is 10.3. The third kappa shape index (κ3) is 2.59. The number of halogens is 5. The summed E-state index contributed by atoms with van der Waals surface area (Å²) < 4.78 is 37.9. The lowest BCUT2D eigenvalue weighted by molar-refractivity contribution is -0.137. The first-order valence-electron chi connectivity index (χ1n) is 3.35. The Balaban J connectivity index is 3.29. The molecule has 0 aromatic heterocycles. The van der Waals surface area contributed by atoms with Crippen LogP contribution in [0.25, 0.3) is 0 Å². The van der Waals surface area contributed by atoms with Gasteiger partial charge in [-0.3, -0.25) is 0 Å². The van der Waals surface area contributed by atoms with Gasteiger partial charge < -0.3 is 0 Å². The first kappa shape index (κ1) is 11.3. The van der Waals surface area contributed by atoms with Gasteiger partial charge in [-0.05, 0) is 47.2 Å². The van der Waals surface area contributed by atoms with Gasteiger partial charge in [0.1, 0.15) is 0 Å². The molecule has 1 aromatic rings. The molecule has 0 fully saturated rings. The molecule has 0 spiro atoms. The molecule has 0 radical (unpaired) electrons. The Morgan fingerprint density at radius 3 is 2.23 bits per heavy atom. The van der Waals surface area contributed by atoms with E-state index in [1.54, 1.807) is 6.92 Å². The van der Waals surface area contributed by atoms with Crippen LogP contribution in [-0.4, -0.2) is 0 Å². The van der Waals surface area contributed by atoms with Gasteiger partial charge in [0, 0.05) is 8.04 Å². The molecule has 0 atom stereocenters. The van der Waals surface area contributed by atoms with Gasteiger partial charge in [-0.15, -0.1) is 0 Å². The van der Waals surface area contributed by atoms with E-state index >= 15 is 0 Å². The summed E-state index contributed by atoms with van der Waals surface area (Å²) in [5, 5.41) is 0. The maximum Gasteiger partial charge on any atom is 0.416 e. The van der Waals surface area contributed by atoms with Crippen molar-refractivity contribution >= 4 is 38.5 Å². The van der Waals surface area contributed by atoms with E-state index in [0.29, 0.717) is 8.04 Å².